The van der Waals surface area contributed by atoms with E-state index in [0.29, 0.717) is 0 Å². The van der Waals surface area contributed by atoms with Gasteiger partial charge >= 0.3 is 0 Å². The Morgan fingerprint density at radius 3 is 3.00 bits per heavy atom. The van der Waals surface area contributed by atoms with E-state index in [1.807, 2.05) is 17.8 Å². The van der Waals surface area contributed by atoms with Crippen LogP contribution in [0.2, 0.25) is 0 Å². The molecular weight excluding hydrogens is 260 g/mol. The zero-order valence-corrected chi connectivity index (χ0v) is 11.8. The van der Waals surface area contributed by atoms with E-state index in [-0.39, 0.29) is 11.5 Å². The summed E-state index contributed by atoms with van der Waals surface area (Å²) in [6, 6.07) is 1.81. The fraction of sp³-hybridized carbons (Fsp3) is 0.714. The maximum atomic E-state index is 10.5. The lowest BCUT2D eigenvalue weighted by molar-refractivity contribution is -0.121. The van der Waals surface area contributed by atoms with Crippen molar-refractivity contribution in [3.63, 3.8) is 0 Å². The van der Waals surface area contributed by atoms with E-state index in [4.69, 9.17) is 4.74 Å². The molecule has 0 aliphatic carbocycles. The number of rotatable bonds is 2. The first-order valence-electron chi connectivity index (χ1n) is 6.95. The summed E-state index contributed by atoms with van der Waals surface area (Å²) in [5.74, 6) is 2.61. The molecule has 2 atom stereocenters. The van der Waals surface area contributed by atoms with Crippen molar-refractivity contribution in [3.8, 4) is 0 Å². The number of thioether (sulfide) groups is 1. The predicted molar refractivity (Wildman–Crippen MR) is 75.0 cm³/mol. The van der Waals surface area contributed by atoms with Crippen LogP contribution >= 0.6 is 11.8 Å². The Morgan fingerprint density at radius 1 is 1.42 bits per heavy atom. The molecule has 3 rings (SSSR count). The van der Waals surface area contributed by atoms with Crippen molar-refractivity contribution in [1.82, 2.24) is 9.97 Å². The lowest BCUT2D eigenvalue weighted by Crippen LogP contribution is -2.44. The van der Waals surface area contributed by atoms with Crippen LogP contribution in [0.15, 0.2) is 18.6 Å². The van der Waals surface area contributed by atoms with Crippen LogP contribution in [0, 0.1) is 5.92 Å². The molecule has 1 aromatic rings. The molecule has 0 aromatic carbocycles. The van der Waals surface area contributed by atoms with Crippen LogP contribution in [0.5, 0.6) is 0 Å². The standard InChI is InChI=1S/C14H20N2O2S/c17-13(12-1-5-15-10-16-12)11-2-6-18-14(9-11)3-7-19-8-4-14/h1,5,10-11,13,17H,2-4,6-9H2. The second kappa shape index (κ2) is 5.77. The van der Waals surface area contributed by atoms with Crippen LogP contribution in [0.25, 0.3) is 0 Å². The molecule has 1 spiro atoms. The number of aromatic nitrogens is 2. The number of ether oxygens (including phenoxy) is 1. The van der Waals surface area contributed by atoms with Crippen molar-refractivity contribution in [3.05, 3.63) is 24.3 Å². The molecule has 0 saturated carbocycles. The third kappa shape index (κ3) is 2.93. The number of aliphatic hydroxyl groups excluding tert-OH is 1. The zero-order chi connectivity index (χ0) is 13.1. The van der Waals surface area contributed by atoms with Gasteiger partial charge in [-0.2, -0.15) is 11.8 Å². The Morgan fingerprint density at radius 2 is 2.26 bits per heavy atom. The van der Waals surface area contributed by atoms with E-state index in [2.05, 4.69) is 9.97 Å². The quantitative estimate of drug-likeness (QED) is 0.900. The van der Waals surface area contributed by atoms with Crippen LogP contribution in [0.1, 0.15) is 37.5 Å². The van der Waals surface area contributed by atoms with Crippen LogP contribution in [-0.4, -0.2) is 38.8 Å². The second-order valence-electron chi connectivity index (χ2n) is 5.48. The summed E-state index contributed by atoms with van der Waals surface area (Å²) in [5, 5.41) is 10.5. The summed E-state index contributed by atoms with van der Waals surface area (Å²) in [6.45, 7) is 0.761. The molecular formula is C14H20N2O2S. The Balaban J connectivity index is 1.71. The number of aliphatic hydroxyl groups is 1. The van der Waals surface area contributed by atoms with Crippen molar-refractivity contribution in [2.45, 2.75) is 37.4 Å². The minimum absolute atomic E-state index is 0.0160. The van der Waals surface area contributed by atoms with Crippen LogP contribution in [0.4, 0.5) is 0 Å². The fourth-order valence-corrected chi connectivity index (χ4v) is 4.38. The van der Waals surface area contributed by atoms with E-state index >= 15 is 0 Å². The van der Waals surface area contributed by atoms with Crippen LogP contribution in [0.3, 0.4) is 0 Å². The molecule has 2 aliphatic rings. The molecule has 3 heterocycles. The Bertz CT molecular complexity index is 404. The van der Waals surface area contributed by atoms with Gasteiger partial charge in [-0.15, -0.1) is 0 Å². The number of hydrogen-bond acceptors (Lipinski definition) is 5. The first-order valence-corrected chi connectivity index (χ1v) is 8.10. The molecule has 1 aromatic heterocycles. The lowest BCUT2D eigenvalue weighted by Gasteiger charge is -2.44. The summed E-state index contributed by atoms with van der Waals surface area (Å²) in [5.41, 5.74) is 0.754. The van der Waals surface area contributed by atoms with E-state index < -0.39 is 6.10 Å². The molecule has 5 heteroatoms. The molecule has 2 aliphatic heterocycles. The average Bonchev–Trinajstić information content (AvgIpc) is 2.48. The highest BCUT2D eigenvalue weighted by Gasteiger charge is 2.41. The molecule has 104 valence electrons. The molecule has 2 unspecified atom stereocenters. The molecule has 2 fully saturated rings. The third-order valence-electron chi connectivity index (χ3n) is 4.29. The third-order valence-corrected chi connectivity index (χ3v) is 5.28. The van der Waals surface area contributed by atoms with Crippen molar-refractivity contribution in [2.24, 2.45) is 5.92 Å². The second-order valence-corrected chi connectivity index (χ2v) is 6.70. The molecule has 1 N–H and O–H groups in total. The molecule has 0 bridgehead atoms. The topological polar surface area (TPSA) is 55.2 Å². The van der Waals surface area contributed by atoms with Gasteiger partial charge in [0.1, 0.15) is 6.33 Å². The zero-order valence-electron chi connectivity index (χ0n) is 11.0. The normalized spacial score (nSPS) is 28.2. The lowest BCUT2D eigenvalue weighted by atomic mass is 9.79. The SMILES string of the molecule is OC(c1ccncn1)C1CCOC2(CCSCC2)C1. The highest BCUT2D eigenvalue weighted by atomic mass is 32.2. The van der Waals surface area contributed by atoms with Gasteiger partial charge in [-0.3, -0.25) is 0 Å². The van der Waals surface area contributed by atoms with Gasteiger partial charge in [0.15, 0.2) is 0 Å². The van der Waals surface area contributed by atoms with Gasteiger partial charge in [0.05, 0.1) is 17.4 Å². The summed E-state index contributed by atoms with van der Waals surface area (Å²) in [7, 11) is 0. The number of hydrogen-bond donors (Lipinski definition) is 1. The highest BCUT2D eigenvalue weighted by Crippen LogP contribution is 2.43. The number of nitrogens with zero attached hydrogens (tertiary/aromatic N) is 2. The van der Waals surface area contributed by atoms with Crippen molar-refractivity contribution < 1.29 is 9.84 Å². The van der Waals surface area contributed by atoms with E-state index in [1.165, 1.54) is 17.8 Å². The molecule has 0 amide bonds. The minimum atomic E-state index is -0.488. The van der Waals surface area contributed by atoms with Crippen molar-refractivity contribution in [1.29, 1.82) is 0 Å². The summed E-state index contributed by atoms with van der Waals surface area (Å²) < 4.78 is 6.07. The fourth-order valence-electron chi connectivity index (χ4n) is 3.14. The van der Waals surface area contributed by atoms with E-state index in [0.717, 1.165) is 38.0 Å². The molecule has 0 radical (unpaired) electrons. The first-order chi connectivity index (χ1) is 9.29. The van der Waals surface area contributed by atoms with Gasteiger partial charge < -0.3 is 9.84 Å². The monoisotopic (exact) mass is 280 g/mol. The van der Waals surface area contributed by atoms with Gasteiger partial charge in [0.2, 0.25) is 0 Å². The highest BCUT2D eigenvalue weighted by molar-refractivity contribution is 7.99. The smallest absolute Gasteiger partial charge is 0.115 e. The Kier molecular flexibility index (Phi) is 4.05. The van der Waals surface area contributed by atoms with Crippen molar-refractivity contribution >= 4 is 11.8 Å². The molecule has 19 heavy (non-hydrogen) atoms. The van der Waals surface area contributed by atoms with Gasteiger partial charge in [-0.05, 0) is 49.2 Å². The van der Waals surface area contributed by atoms with Crippen LogP contribution in [-0.2, 0) is 4.74 Å². The molecule has 4 nitrogen and oxygen atoms in total. The van der Waals surface area contributed by atoms with E-state index in [9.17, 15) is 5.11 Å². The summed E-state index contributed by atoms with van der Waals surface area (Å²) in [6.07, 6.45) is 6.81. The maximum absolute atomic E-state index is 10.5. The van der Waals surface area contributed by atoms with Gasteiger partial charge in [0.25, 0.3) is 0 Å². The summed E-state index contributed by atoms with van der Waals surface area (Å²) >= 11 is 2.01. The van der Waals surface area contributed by atoms with Crippen molar-refractivity contribution in [2.75, 3.05) is 18.1 Å². The van der Waals surface area contributed by atoms with Crippen LogP contribution < -0.4 is 0 Å². The average molecular weight is 280 g/mol. The van der Waals surface area contributed by atoms with Gasteiger partial charge in [-0.25, -0.2) is 9.97 Å². The van der Waals surface area contributed by atoms with E-state index in [1.54, 1.807) is 6.20 Å². The predicted octanol–water partition coefficient (Wildman–Crippen LogP) is 2.20. The largest absolute Gasteiger partial charge is 0.387 e. The molecule has 2 saturated heterocycles. The minimum Gasteiger partial charge on any atom is -0.387 e. The Hall–Kier alpha value is -0.650. The summed E-state index contributed by atoms with van der Waals surface area (Å²) in [4.78, 5) is 8.09. The Labute approximate surface area is 118 Å². The van der Waals surface area contributed by atoms with Gasteiger partial charge in [-0.1, -0.05) is 0 Å². The maximum Gasteiger partial charge on any atom is 0.115 e. The first kappa shape index (κ1) is 13.3. The van der Waals surface area contributed by atoms with Gasteiger partial charge in [0, 0.05) is 12.8 Å².